The smallest absolute Gasteiger partial charge is 0.338 e. The number of rotatable bonds is 8. The summed E-state index contributed by atoms with van der Waals surface area (Å²) in [5.41, 5.74) is 2.92. The van der Waals surface area contributed by atoms with Gasteiger partial charge in [-0.15, -0.1) is 0 Å². The van der Waals surface area contributed by atoms with Gasteiger partial charge < -0.3 is 15.4 Å². The molecule has 138 valence electrons. The number of aromatic nitrogens is 2. The lowest BCUT2D eigenvalue weighted by Gasteiger charge is -2.08. The number of ether oxygens (including phenoxy) is 1. The quantitative estimate of drug-likeness (QED) is 0.558. The van der Waals surface area contributed by atoms with Gasteiger partial charge in [0.05, 0.1) is 12.2 Å². The molecule has 0 aliphatic carbocycles. The van der Waals surface area contributed by atoms with Crippen molar-refractivity contribution in [3.8, 4) is 0 Å². The fraction of sp³-hybridized carbons (Fsp3) is 0.368. The molecule has 0 saturated heterocycles. The maximum absolute atomic E-state index is 12.0. The number of anilines is 2. The van der Waals surface area contributed by atoms with Crippen molar-refractivity contribution in [2.24, 2.45) is 0 Å². The Balaban J connectivity index is 1.74. The van der Waals surface area contributed by atoms with Crippen molar-refractivity contribution in [1.82, 2.24) is 9.97 Å². The normalized spacial score (nSPS) is 10.3. The van der Waals surface area contributed by atoms with Crippen LogP contribution in [-0.2, 0) is 9.53 Å². The van der Waals surface area contributed by atoms with Crippen LogP contribution in [0.4, 0.5) is 11.6 Å². The van der Waals surface area contributed by atoms with Gasteiger partial charge in [-0.2, -0.15) is 0 Å². The van der Waals surface area contributed by atoms with Crippen molar-refractivity contribution in [2.75, 3.05) is 23.8 Å². The number of carbonyl (C=O) groups is 2. The minimum Gasteiger partial charge on any atom is -0.462 e. The Hall–Kier alpha value is -2.96. The van der Waals surface area contributed by atoms with Gasteiger partial charge in [0.15, 0.2) is 0 Å². The Bertz CT molecular complexity index is 740. The monoisotopic (exact) mass is 356 g/mol. The molecule has 26 heavy (non-hydrogen) atoms. The predicted octanol–water partition coefficient (Wildman–Crippen LogP) is 3.10. The van der Waals surface area contributed by atoms with E-state index in [1.807, 2.05) is 19.9 Å². The number of carbonyl (C=O) groups excluding carboxylic acids is 2. The van der Waals surface area contributed by atoms with Gasteiger partial charge in [-0.05, 0) is 57.5 Å². The Kier molecular flexibility index (Phi) is 7.08. The van der Waals surface area contributed by atoms with E-state index in [9.17, 15) is 9.59 Å². The Morgan fingerprint density at radius 1 is 1.08 bits per heavy atom. The zero-order valence-corrected chi connectivity index (χ0v) is 15.3. The van der Waals surface area contributed by atoms with E-state index >= 15 is 0 Å². The maximum Gasteiger partial charge on any atom is 0.338 e. The molecule has 0 aliphatic rings. The van der Waals surface area contributed by atoms with E-state index in [0.29, 0.717) is 43.2 Å². The molecule has 1 heterocycles. The minimum absolute atomic E-state index is 0.0861. The molecule has 2 N–H and O–H groups in total. The molecular weight excluding hydrogens is 332 g/mol. The second-order valence-corrected chi connectivity index (χ2v) is 5.85. The first-order chi connectivity index (χ1) is 12.5. The first kappa shape index (κ1) is 19.4. The summed E-state index contributed by atoms with van der Waals surface area (Å²) in [5, 5.41) is 5.93. The summed E-state index contributed by atoms with van der Waals surface area (Å²) in [5.74, 6) is 0.125. The fourth-order valence-corrected chi connectivity index (χ4v) is 2.38. The first-order valence-corrected chi connectivity index (χ1v) is 8.61. The predicted molar refractivity (Wildman–Crippen MR) is 100 cm³/mol. The summed E-state index contributed by atoms with van der Waals surface area (Å²) in [6.07, 6.45) is 1.03. The van der Waals surface area contributed by atoms with Crippen LogP contribution < -0.4 is 10.6 Å². The van der Waals surface area contributed by atoms with E-state index in [4.69, 9.17) is 4.74 Å². The molecular formula is C19H24N4O3. The molecule has 7 nitrogen and oxygen atoms in total. The van der Waals surface area contributed by atoms with Gasteiger partial charge in [0.2, 0.25) is 11.9 Å². The van der Waals surface area contributed by atoms with Gasteiger partial charge in [0, 0.05) is 30.0 Å². The summed E-state index contributed by atoms with van der Waals surface area (Å²) in [4.78, 5) is 32.2. The lowest BCUT2D eigenvalue weighted by atomic mass is 10.2. The van der Waals surface area contributed by atoms with Crippen LogP contribution in [0.15, 0.2) is 30.3 Å². The summed E-state index contributed by atoms with van der Waals surface area (Å²) in [6.45, 7) is 6.53. The lowest BCUT2D eigenvalue weighted by Crippen LogP contribution is -2.14. The molecule has 0 bridgehead atoms. The third kappa shape index (κ3) is 6.16. The van der Waals surface area contributed by atoms with Crippen LogP contribution in [0.1, 0.15) is 41.5 Å². The fourth-order valence-electron chi connectivity index (χ4n) is 2.38. The summed E-state index contributed by atoms with van der Waals surface area (Å²) in [7, 11) is 0. The van der Waals surface area contributed by atoms with E-state index in [1.165, 1.54) is 0 Å². The second-order valence-electron chi connectivity index (χ2n) is 5.85. The number of nitrogens with zero attached hydrogens (tertiary/aromatic N) is 2. The standard InChI is InChI=1S/C19H24N4O3/c1-4-26-18(25)15-7-9-16(10-8-15)23-17(24)6-5-11-20-19-21-13(2)12-14(3)22-19/h7-10,12H,4-6,11H2,1-3H3,(H,23,24)(H,20,21,22). The van der Waals surface area contributed by atoms with Crippen molar-refractivity contribution >= 4 is 23.5 Å². The van der Waals surface area contributed by atoms with E-state index < -0.39 is 0 Å². The minimum atomic E-state index is -0.370. The highest BCUT2D eigenvalue weighted by atomic mass is 16.5. The molecule has 1 aromatic heterocycles. The second kappa shape index (κ2) is 9.50. The molecule has 0 saturated carbocycles. The molecule has 0 radical (unpaired) electrons. The maximum atomic E-state index is 12.0. The number of hydrogen-bond donors (Lipinski definition) is 2. The van der Waals surface area contributed by atoms with Crippen molar-refractivity contribution < 1.29 is 14.3 Å². The zero-order valence-electron chi connectivity index (χ0n) is 15.3. The topological polar surface area (TPSA) is 93.2 Å². The number of nitrogens with one attached hydrogen (secondary N) is 2. The average Bonchev–Trinajstić information content (AvgIpc) is 2.59. The summed E-state index contributed by atoms with van der Waals surface area (Å²) in [6, 6.07) is 8.54. The summed E-state index contributed by atoms with van der Waals surface area (Å²) >= 11 is 0. The first-order valence-electron chi connectivity index (χ1n) is 8.61. The van der Waals surface area contributed by atoms with Crippen molar-refractivity contribution in [3.63, 3.8) is 0 Å². The van der Waals surface area contributed by atoms with Gasteiger partial charge in [-0.3, -0.25) is 4.79 Å². The van der Waals surface area contributed by atoms with E-state index in [-0.39, 0.29) is 11.9 Å². The Morgan fingerprint density at radius 3 is 2.35 bits per heavy atom. The number of aryl methyl sites for hydroxylation is 2. The molecule has 0 atom stereocenters. The van der Waals surface area contributed by atoms with Crippen molar-refractivity contribution in [2.45, 2.75) is 33.6 Å². The highest BCUT2D eigenvalue weighted by Gasteiger charge is 2.07. The van der Waals surface area contributed by atoms with Crippen LogP contribution >= 0.6 is 0 Å². The van der Waals surface area contributed by atoms with Crippen molar-refractivity contribution in [3.05, 3.63) is 47.3 Å². The van der Waals surface area contributed by atoms with E-state index in [1.54, 1.807) is 31.2 Å². The Morgan fingerprint density at radius 2 is 1.73 bits per heavy atom. The van der Waals surface area contributed by atoms with Gasteiger partial charge in [-0.25, -0.2) is 14.8 Å². The molecule has 0 aliphatic heterocycles. The van der Waals surface area contributed by atoms with E-state index in [2.05, 4.69) is 20.6 Å². The third-order valence-corrected chi connectivity index (χ3v) is 3.53. The Labute approximate surface area is 153 Å². The molecule has 0 spiro atoms. The number of benzene rings is 1. The number of amides is 1. The van der Waals surface area contributed by atoms with Crippen LogP contribution in [0, 0.1) is 13.8 Å². The molecule has 0 fully saturated rings. The molecule has 2 rings (SSSR count). The zero-order chi connectivity index (χ0) is 18.9. The van der Waals surface area contributed by atoms with Crippen LogP contribution in [0.25, 0.3) is 0 Å². The SMILES string of the molecule is CCOC(=O)c1ccc(NC(=O)CCCNc2nc(C)cc(C)n2)cc1. The molecule has 7 heteroatoms. The number of esters is 1. The third-order valence-electron chi connectivity index (χ3n) is 3.53. The molecule has 2 aromatic rings. The van der Waals surface area contributed by atoms with Crippen LogP contribution in [0.2, 0.25) is 0 Å². The van der Waals surface area contributed by atoms with Gasteiger partial charge in [-0.1, -0.05) is 0 Å². The lowest BCUT2D eigenvalue weighted by molar-refractivity contribution is -0.116. The van der Waals surface area contributed by atoms with Gasteiger partial charge in [0.1, 0.15) is 0 Å². The van der Waals surface area contributed by atoms with E-state index in [0.717, 1.165) is 11.4 Å². The van der Waals surface area contributed by atoms with Gasteiger partial charge >= 0.3 is 5.97 Å². The highest BCUT2D eigenvalue weighted by Crippen LogP contribution is 2.11. The molecule has 0 unspecified atom stereocenters. The van der Waals surface area contributed by atoms with Crippen molar-refractivity contribution in [1.29, 1.82) is 0 Å². The van der Waals surface area contributed by atoms with Gasteiger partial charge in [0.25, 0.3) is 0 Å². The highest BCUT2D eigenvalue weighted by molar-refractivity contribution is 5.93. The molecule has 1 aromatic carbocycles. The van der Waals surface area contributed by atoms with Crippen LogP contribution in [0.5, 0.6) is 0 Å². The largest absolute Gasteiger partial charge is 0.462 e. The summed E-state index contributed by atoms with van der Waals surface area (Å²) < 4.78 is 4.92. The number of hydrogen-bond acceptors (Lipinski definition) is 6. The average molecular weight is 356 g/mol. The molecule has 1 amide bonds. The van der Waals surface area contributed by atoms with Crippen LogP contribution in [-0.4, -0.2) is 35.0 Å². The van der Waals surface area contributed by atoms with Crippen LogP contribution in [0.3, 0.4) is 0 Å².